The lowest BCUT2D eigenvalue weighted by Gasteiger charge is -2.26. The minimum atomic E-state index is 0.00604. The van der Waals surface area contributed by atoms with Gasteiger partial charge in [0.25, 0.3) is 0 Å². The van der Waals surface area contributed by atoms with E-state index in [-0.39, 0.29) is 5.43 Å². The lowest BCUT2D eigenvalue weighted by molar-refractivity contribution is 0.213. The van der Waals surface area contributed by atoms with Crippen molar-refractivity contribution in [2.75, 3.05) is 39.3 Å². The number of nitrogens with zero attached hydrogens (tertiary/aromatic N) is 1. The van der Waals surface area contributed by atoms with Crippen LogP contribution >= 0.6 is 11.3 Å². The van der Waals surface area contributed by atoms with Crippen molar-refractivity contribution in [1.82, 2.24) is 10.2 Å². The Morgan fingerprint density at radius 1 is 1.24 bits per heavy atom. The van der Waals surface area contributed by atoms with E-state index in [2.05, 4.69) is 10.2 Å². The van der Waals surface area contributed by atoms with Crippen LogP contribution in [0.1, 0.15) is 6.42 Å². The number of nitrogens with one attached hydrogen (secondary N) is 1. The average Bonchev–Trinajstić information content (AvgIpc) is 2.55. The fraction of sp³-hybridized carbons (Fsp3) is 0.438. The second kappa shape index (κ2) is 7.02. The molecule has 1 aliphatic rings. The first-order valence-electron chi connectivity index (χ1n) is 7.41. The Hall–Kier alpha value is -1.43. The minimum absolute atomic E-state index is 0.00604. The molecule has 1 aromatic carbocycles. The van der Waals surface area contributed by atoms with Gasteiger partial charge in [0.1, 0.15) is 0 Å². The van der Waals surface area contributed by atoms with Crippen molar-refractivity contribution < 1.29 is 4.74 Å². The molecule has 5 heteroatoms. The number of hydrogen-bond donors (Lipinski definition) is 1. The molecule has 1 aliphatic heterocycles. The minimum Gasteiger partial charge on any atom is -0.489 e. The molecule has 3 rings (SSSR count). The molecule has 2 aromatic rings. The van der Waals surface area contributed by atoms with Crippen LogP contribution in [0.4, 0.5) is 0 Å². The lowest BCUT2D eigenvalue weighted by Crippen LogP contribution is -2.44. The summed E-state index contributed by atoms with van der Waals surface area (Å²) in [5.74, 6) is 0.485. The van der Waals surface area contributed by atoms with E-state index >= 15 is 0 Å². The summed E-state index contributed by atoms with van der Waals surface area (Å²) >= 11 is 1.56. The highest BCUT2D eigenvalue weighted by molar-refractivity contribution is 7.16. The van der Waals surface area contributed by atoms with Crippen LogP contribution in [0, 0.1) is 0 Å². The second-order valence-electron chi connectivity index (χ2n) is 5.22. The summed E-state index contributed by atoms with van der Waals surface area (Å²) in [6.45, 7) is 5.97. The number of hydrogen-bond acceptors (Lipinski definition) is 5. The maximum Gasteiger partial charge on any atom is 0.229 e. The molecule has 1 saturated heterocycles. The Morgan fingerprint density at radius 3 is 2.90 bits per heavy atom. The van der Waals surface area contributed by atoms with E-state index in [1.54, 1.807) is 11.3 Å². The van der Waals surface area contributed by atoms with Crippen molar-refractivity contribution in [3.63, 3.8) is 0 Å². The van der Waals surface area contributed by atoms with Gasteiger partial charge in [0.05, 0.1) is 6.61 Å². The maximum absolute atomic E-state index is 12.3. The monoisotopic (exact) mass is 304 g/mol. The van der Waals surface area contributed by atoms with E-state index in [1.807, 2.05) is 29.6 Å². The highest BCUT2D eigenvalue weighted by Crippen LogP contribution is 2.19. The first kappa shape index (κ1) is 14.5. The van der Waals surface area contributed by atoms with Crippen LogP contribution in [0.15, 0.2) is 34.4 Å². The van der Waals surface area contributed by atoms with Crippen molar-refractivity contribution in [3.05, 3.63) is 39.9 Å². The first-order valence-corrected chi connectivity index (χ1v) is 8.29. The van der Waals surface area contributed by atoms with Gasteiger partial charge in [-0.3, -0.25) is 4.79 Å². The molecular weight excluding hydrogens is 284 g/mol. The zero-order valence-electron chi connectivity index (χ0n) is 12.0. The van der Waals surface area contributed by atoms with Crippen LogP contribution in [0.5, 0.6) is 5.75 Å². The van der Waals surface area contributed by atoms with Gasteiger partial charge in [-0.25, -0.2) is 0 Å². The Balaban J connectivity index is 1.55. The van der Waals surface area contributed by atoms with Gasteiger partial charge in [-0.1, -0.05) is 12.1 Å². The molecule has 0 unspecified atom stereocenters. The largest absolute Gasteiger partial charge is 0.489 e. The molecule has 2 heterocycles. The van der Waals surface area contributed by atoms with E-state index in [9.17, 15) is 4.79 Å². The topological polar surface area (TPSA) is 41.6 Å². The summed E-state index contributed by atoms with van der Waals surface area (Å²) in [5.41, 5.74) is 0.00604. The third-order valence-electron chi connectivity index (χ3n) is 3.73. The Labute approximate surface area is 128 Å². The van der Waals surface area contributed by atoms with Gasteiger partial charge in [0, 0.05) is 48.2 Å². The van der Waals surface area contributed by atoms with Gasteiger partial charge >= 0.3 is 0 Å². The molecule has 21 heavy (non-hydrogen) atoms. The lowest BCUT2D eigenvalue weighted by atomic mass is 10.2. The molecule has 1 fully saturated rings. The summed E-state index contributed by atoms with van der Waals surface area (Å²) in [6, 6.07) is 7.67. The molecule has 0 radical (unpaired) electrons. The van der Waals surface area contributed by atoms with E-state index in [0.29, 0.717) is 12.4 Å². The van der Waals surface area contributed by atoms with Crippen LogP contribution in [0.2, 0.25) is 0 Å². The fourth-order valence-corrected chi connectivity index (χ4v) is 3.42. The van der Waals surface area contributed by atoms with Crippen molar-refractivity contribution >= 4 is 21.4 Å². The molecule has 0 aliphatic carbocycles. The van der Waals surface area contributed by atoms with Crippen LogP contribution in [0.25, 0.3) is 10.1 Å². The van der Waals surface area contributed by atoms with Gasteiger partial charge in [0.2, 0.25) is 5.43 Å². The Bertz CT molecular complexity index is 650. The number of rotatable bonds is 5. The number of piperazine rings is 1. The van der Waals surface area contributed by atoms with Crippen molar-refractivity contribution in [2.24, 2.45) is 0 Å². The normalized spacial score (nSPS) is 16.2. The zero-order valence-corrected chi connectivity index (χ0v) is 12.8. The van der Waals surface area contributed by atoms with Crippen LogP contribution < -0.4 is 15.5 Å². The smallest absolute Gasteiger partial charge is 0.229 e. The van der Waals surface area contributed by atoms with Crippen LogP contribution in [-0.2, 0) is 0 Å². The molecule has 0 atom stereocenters. The van der Waals surface area contributed by atoms with Crippen LogP contribution in [0.3, 0.4) is 0 Å². The number of fused-ring (bicyclic) bond motifs is 1. The summed E-state index contributed by atoms with van der Waals surface area (Å²) in [7, 11) is 0. The summed E-state index contributed by atoms with van der Waals surface area (Å²) in [6.07, 6.45) is 0.955. The maximum atomic E-state index is 12.3. The highest BCUT2D eigenvalue weighted by Gasteiger charge is 2.09. The highest BCUT2D eigenvalue weighted by atomic mass is 32.1. The standard InChI is InChI=1S/C16H20N2O2S/c19-16-13-4-1-2-5-15(13)21-12-14(16)20-11-3-8-18-9-6-17-7-10-18/h1-2,4-5,12,17H,3,6-11H2. The molecule has 0 spiro atoms. The molecular formula is C16H20N2O2S. The quantitative estimate of drug-likeness (QED) is 0.857. The molecule has 0 saturated carbocycles. The molecule has 1 aromatic heterocycles. The van der Waals surface area contributed by atoms with Crippen molar-refractivity contribution in [3.8, 4) is 5.75 Å². The third kappa shape index (κ3) is 3.61. The fourth-order valence-electron chi connectivity index (χ4n) is 2.56. The third-order valence-corrected chi connectivity index (χ3v) is 4.68. The SMILES string of the molecule is O=c1c(OCCCN2CCNCC2)csc2ccccc12. The molecule has 112 valence electrons. The van der Waals surface area contributed by atoms with E-state index in [4.69, 9.17) is 4.74 Å². The average molecular weight is 304 g/mol. The molecule has 0 amide bonds. The van der Waals surface area contributed by atoms with E-state index < -0.39 is 0 Å². The predicted molar refractivity (Wildman–Crippen MR) is 87.5 cm³/mol. The van der Waals surface area contributed by atoms with Crippen molar-refractivity contribution in [1.29, 1.82) is 0 Å². The van der Waals surface area contributed by atoms with Gasteiger partial charge < -0.3 is 15.0 Å². The summed E-state index contributed by atoms with van der Waals surface area (Å²) in [4.78, 5) is 14.7. The van der Waals surface area contributed by atoms with Gasteiger partial charge in [-0.05, 0) is 18.6 Å². The predicted octanol–water partition coefficient (Wildman–Crippen LogP) is 1.94. The zero-order chi connectivity index (χ0) is 14.5. The second-order valence-corrected chi connectivity index (χ2v) is 6.13. The molecule has 0 bridgehead atoms. The van der Waals surface area contributed by atoms with Gasteiger partial charge in [-0.15, -0.1) is 11.3 Å². The molecule has 4 nitrogen and oxygen atoms in total. The summed E-state index contributed by atoms with van der Waals surface area (Å²) < 4.78 is 6.70. The van der Waals surface area contributed by atoms with Crippen molar-refractivity contribution in [2.45, 2.75) is 6.42 Å². The van der Waals surface area contributed by atoms with Crippen LogP contribution in [-0.4, -0.2) is 44.2 Å². The van der Waals surface area contributed by atoms with Gasteiger partial charge in [-0.2, -0.15) is 0 Å². The van der Waals surface area contributed by atoms with E-state index in [1.165, 1.54) is 0 Å². The summed E-state index contributed by atoms with van der Waals surface area (Å²) in [5, 5.41) is 5.92. The van der Waals surface area contributed by atoms with E-state index in [0.717, 1.165) is 49.2 Å². The number of ether oxygens (including phenoxy) is 1. The molecule has 1 N–H and O–H groups in total. The first-order chi connectivity index (χ1) is 10.3. The number of benzene rings is 1. The Morgan fingerprint density at radius 2 is 2.05 bits per heavy atom. The Kier molecular flexibility index (Phi) is 4.85. The van der Waals surface area contributed by atoms with Gasteiger partial charge in [0.15, 0.2) is 5.75 Å².